The Kier molecular flexibility index (Phi) is 4.45. The molecule has 0 unspecified atom stereocenters. The minimum atomic E-state index is -1.09. The quantitative estimate of drug-likeness (QED) is 0.864. The Morgan fingerprint density at radius 1 is 1.18 bits per heavy atom. The number of unbranched alkanes of at least 4 members (excludes halogenated alkanes) is 1. The molecule has 1 heterocycles. The second kappa shape index (κ2) is 6.30. The van der Waals surface area contributed by atoms with E-state index in [0.29, 0.717) is 13.0 Å². The number of hydrogen-bond donors (Lipinski definition) is 2. The van der Waals surface area contributed by atoms with Gasteiger partial charge in [0, 0.05) is 6.54 Å². The van der Waals surface area contributed by atoms with Gasteiger partial charge in [0.15, 0.2) is 0 Å². The molecule has 0 aliphatic heterocycles. The van der Waals surface area contributed by atoms with Crippen molar-refractivity contribution in [1.29, 1.82) is 0 Å². The molecule has 0 aliphatic carbocycles. The molecular formula is C15H16N2O5. The van der Waals surface area contributed by atoms with Gasteiger partial charge in [-0.3, -0.25) is 9.36 Å². The molecule has 2 rings (SSSR count). The van der Waals surface area contributed by atoms with Gasteiger partial charge in [0.2, 0.25) is 5.88 Å². The third kappa shape index (κ3) is 2.93. The highest BCUT2D eigenvalue weighted by Gasteiger charge is 2.12. The Balaban J connectivity index is 2.57. The number of aromatic hydroxyl groups is 1. The molecule has 1 aromatic carbocycles. The van der Waals surface area contributed by atoms with Gasteiger partial charge < -0.3 is 10.2 Å². The van der Waals surface area contributed by atoms with Gasteiger partial charge >= 0.3 is 11.7 Å². The van der Waals surface area contributed by atoms with Crippen LogP contribution in [0.5, 0.6) is 5.88 Å². The minimum Gasteiger partial charge on any atom is -0.494 e. The molecule has 22 heavy (non-hydrogen) atoms. The lowest BCUT2D eigenvalue weighted by Gasteiger charge is -2.11. The summed E-state index contributed by atoms with van der Waals surface area (Å²) in [5.41, 5.74) is -1.01. The number of aromatic nitrogens is 2. The number of hydrogen-bond acceptors (Lipinski definition) is 4. The molecule has 7 heteroatoms. The summed E-state index contributed by atoms with van der Waals surface area (Å²) in [4.78, 5) is 35.2. The smallest absolute Gasteiger partial charge is 0.338 e. The Hall–Kier alpha value is -2.83. The van der Waals surface area contributed by atoms with E-state index in [1.54, 1.807) is 0 Å². The van der Waals surface area contributed by atoms with E-state index < -0.39 is 17.2 Å². The van der Waals surface area contributed by atoms with Crippen LogP contribution in [0.4, 0.5) is 0 Å². The van der Waals surface area contributed by atoms with Crippen molar-refractivity contribution in [2.45, 2.75) is 26.3 Å². The molecule has 0 radical (unpaired) electrons. The molecule has 0 bridgehead atoms. The molecule has 116 valence electrons. The number of carboxylic acids is 1. The van der Waals surface area contributed by atoms with E-state index in [1.165, 1.54) is 24.3 Å². The SMILES string of the molecule is CCCCn1c(O)cc(=O)n(-c2ccc(C(=O)O)cc2)c1=O. The third-order valence-corrected chi connectivity index (χ3v) is 3.28. The van der Waals surface area contributed by atoms with Crippen LogP contribution in [0.15, 0.2) is 39.9 Å². The molecule has 2 aromatic rings. The number of carboxylic acid groups (broad SMARTS) is 1. The van der Waals surface area contributed by atoms with Crippen LogP contribution < -0.4 is 11.2 Å². The fourth-order valence-electron chi connectivity index (χ4n) is 2.08. The molecule has 7 nitrogen and oxygen atoms in total. The zero-order valence-corrected chi connectivity index (χ0v) is 12.0. The lowest BCUT2D eigenvalue weighted by atomic mass is 10.2. The van der Waals surface area contributed by atoms with Crippen LogP contribution in [0.1, 0.15) is 30.1 Å². The first-order valence-corrected chi connectivity index (χ1v) is 6.85. The lowest BCUT2D eigenvalue weighted by Crippen LogP contribution is -2.38. The predicted molar refractivity (Wildman–Crippen MR) is 79.8 cm³/mol. The normalized spacial score (nSPS) is 10.6. The molecular weight excluding hydrogens is 288 g/mol. The molecule has 0 aliphatic rings. The highest BCUT2D eigenvalue weighted by Crippen LogP contribution is 2.09. The number of nitrogens with zero attached hydrogens (tertiary/aromatic N) is 2. The maximum atomic E-state index is 12.4. The van der Waals surface area contributed by atoms with Gasteiger partial charge in [-0.2, -0.15) is 0 Å². The van der Waals surface area contributed by atoms with Gasteiger partial charge in [-0.25, -0.2) is 14.2 Å². The van der Waals surface area contributed by atoms with Crippen molar-refractivity contribution in [2.24, 2.45) is 0 Å². The number of aromatic carboxylic acids is 1. The molecule has 1 aromatic heterocycles. The van der Waals surface area contributed by atoms with Crippen molar-refractivity contribution in [3.8, 4) is 11.6 Å². The molecule has 2 N–H and O–H groups in total. The zero-order valence-electron chi connectivity index (χ0n) is 12.0. The molecule has 0 saturated carbocycles. The Labute approximate surface area is 125 Å². The second-order valence-electron chi connectivity index (χ2n) is 4.82. The average Bonchev–Trinajstić information content (AvgIpc) is 2.47. The number of benzene rings is 1. The van der Waals surface area contributed by atoms with Gasteiger partial charge in [0.25, 0.3) is 5.56 Å². The summed E-state index contributed by atoms with van der Waals surface area (Å²) >= 11 is 0. The van der Waals surface area contributed by atoms with Crippen LogP contribution in [0.2, 0.25) is 0 Å². The topological polar surface area (TPSA) is 102 Å². The maximum Gasteiger partial charge on any atom is 0.338 e. The summed E-state index contributed by atoms with van der Waals surface area (Å²) in [5, 5.41) is 18.6. The fraction of sp³-hybridized carbons (Fsp3) is 0.267. The summed E-state index contributed by atoms with van der Waals surface area (Å²) in [5.74, 6) is -1.47. The highest BCUT2D eigenvalue weighted by atomic mass is 16.4. The van der Waals surface area contributed by atoms with Crippen LogP contribution >= 0.6 is 0 Å². The van der Waals surface area contributed by atoms with E-state index in [0.717, 1.165) is 21.6 Å². The van der Waals surface area contributed by atoms with Crippen molar-refractivity contribution in [3.05, 3.63) is 56.7 Å². The summed E-state index contributed by atoms with van der Waals surface area (Å²) in [6.07, 6.45) is 1.52. The van der Waals surface area contributed by atoms with Crippen LogP contribution in [-0.2, 0) is 6.54 Å². The lowest BCUT2D eigenvalue weighted by molar-refractivity contribution is 0.0697. The first kappa shape index (κ1) is 15.6. The maximum absolute atomic E-state index is 12.4. The predicted octanol–water partition coefficient (Wildman–Crippen LogP) is 1.20. The average molecular weight is 304 g/mol. The number of rotatable bonds is 5. The minimum absolute atomic E-state index is 0.0573. The Morgan fingerprint density at radius 2 is 1.82 bits per heavy atom. The van der Waals surface area contributed by atoms with Crippen molar-refractivity contribution in [2.75, 3.05) is 0 Å². The van der Waals surface area contributed by atoms with Gasteiger partial charge in [0.1, 0.15) is 0 Å². The van der Waals surface area contributed by atoms with Crippen LogP contribution in [0.3, 0.4) is 0 Å². The first-order valence-electron chi connectivity index (χ1n) is 6.85. The van der Waals surface area contributed by atoms with Crippen molar-refractivity contribution in [1.82, 2.24) is 9.13 Å². The summed E-state index contributed by atoms with van der Waals surface area (Å²) in [6.45, 7) is 2.25. The van der Waals surface area contributed by atoms with Crippen molar-refractivity contribution >= 4 is 5.97 Å². The van der Waals surface area contributed by atoms with E-state index in [9.17, 15) is 19.5 Å². The standard InChI is InChI=1S/C15H16N2O5/c1-2-3-8-16-12(18)9-13(19)17(15(16)22)11-6-4-10(5-7-11)14(20)21/h4-7,9,18H,2-3,8H2,1H3,(H,20,21). The molecule has 0 fully saturated rings. The molecule has 0 spiro atoms. The summed E-state index contributed by atoms with van der Waals surface area (Å²) in [7, 11) is 0. The Bertz CT molecular complexity index is 802. The van der Waals surface area contributed by atoms with Crippen LogP contribution in [0.25, 0.3) is 5.69 Å². The van der Waals surface area contributed by atoms with Crippen molar-refractivity contribution < 1.29 is 15.0 Å². The summed E-state index contributed by atoms with van der Waals surface area (Å²) in [6, 6.07) is 6.36. The molecule has 0 saturated heterocycles. The van der Waals surface area contributed by atoms with Crippen LogP contribution in [0, 0.1) is 0 Å². The van der Waals surface area contributed by atoms with E-state index in [2.05, 4.69) is 0 Å². The van der Waals surface area contributed by atoms with E-state index in [-0.39, 0.29) is 17.1 Å². The Morgan fingerprint density at radius 3 is 2.36 bits per heavy atom. The molecule has 0 amide bonds. The highest BCUT2D eigenvalue weighted by molar-refractivity contribution is 5.87. The third-order valence-electron chi connectivity index (χ3n) is 3.28. The van der Waals surface area contributed by atoms with Gasteiger partial charge in [-0.15, -0.1) is 0 Å². The second-order valence-corrected chi connectivity index (χ2v) is 4.82. The van der Waals surface area contributed by atoms with Crippen LogP contribution in [-0.4, -0.2) is 25.3 Å². The van der Waals surface area contributed by atoms with Gasteiger partial charge in [-0.05, 0) is 30.7 Å². The fourth-order valence-corrected chi connectivity index (χ4v) is 2.08. The van der Waals surface area contributed by atoms with E-state index in [4.69, 9.17) is 5.11 Å². The monoisotopic (exact) mass is 304 g/mol. The van der Waals surface area contributed by atoms with Gasteiger partial charge in [-0.1, -0.05) is 13.3 Å². The largest absolute Gasteiger partial charge is 0.494 e. The van der Waals surface area contributed by atoms with E-state index in [1.807, 2.05) is 6.92 Å². The summed E-state index contributed by atoms with van der Waals surface area (Å²) < 4.78 is 2.02. The van der Waals surface area contributed by atoms with Crippen molar-refractivity contribution in [3.63, 3.8) is 0 Å². The number of carbonyl (C=O) groups is 1. The molecule has 0 atom stereocenters. The van der Waals surface area contributed by atoms with Gasteiger partial charge in [0.05, 0.1) is 17.3 Å². The van der Waals surface area contributed by atoms with E-state index >= 15 is 0 Å². The zero-order chi connectivity index (χ0) is 16.3. The first-order chi connectivity index (χ1) is 10.5.